The van der Waals surface area contributed by atoms with Crippen molar-refractivity contribution in [3.63, 3.8) is 0 Å². The smallest absolute Gasteiger partial charge is 0.239 e. The molecular weight excluding hydrogens is 298 g/mol. The summed E-state index contributed by atoms with van der Waals surface area (Å²) in [6, 6.07) is 7.62. The first-order chi connectivity index (χ1) is 8.79. The van der Waals surface area contributed by atoms with Gasteiger partial charge >= 0.3 is 0 Å². The number of hydrazine groups is 1. The van der Waals surface area contributed by atoms with Gasteiger partial charge in [0.2, 0.25) is 5.95 Å². The van der Waals surface area contributed by atoms with E-state index in [1.54, 1.807) is 10.9 Å². The average Bonchev–Trinajstić information content (AvgIpc) is 2.83. The monoisotopic (exact) mass is 305 g/mol. The fourth-order valence-corrected chi connectivity index (χ4v) is 1.96. The van der Waals surface area contributed by atoms with E-state index in [2.05, 4.69) is 41.6 Å². The molecule has 0 aliphatic carbocycles. The van der Waals surface area contributed by atoms with Gasteiger partial charge < -0.3 is 0 Å². The Hall–Kier alpha value is -2.06. The van der Waals surface area contributed by atoms with E-state index in [-0.39, 0.29) is 0 Å². The molecule has 0 unspecified atom stereocenters. The molecule has 0 atom stereocenters. The van der Waals surface area contributed by atoms with Crippen molar-refractivity contribution in [1.29, 1.82) is 0 Å². The average molecular weight is 306 g/mol. The number of nitrogen functional groups attached to an aromatic ring is 1. The topological polar surface area (TPSA) is 94.5 Å². The minimum absolute atomic E-state index is 0.313. The number of benzene rings is 1. The number of nitrogens with one attached hydrogen (secondary N) is 1. The first-order valence-electron chi connectivity index (χ1n) is 5.09. The zero-order valence-electron chi connectivity index (χ0n) is 9.08. The highest BCUT2D eigenvalue weighted by molar-refractivity contribution is 9.10. The maximum Gasteiger partial charge on any atom is 0.239 e. The quantitative estimate of drug-likeness (QED) is 0.547. The van der Waals surface area contributed by atoms with Crippen LogP contribution in [-0.4, -0.2) is 25.0 Å². The van der Waals surface area contributed by atoms with Crippen LogP contribution in [0.25, 0.3) is 16.9 Å². The molecule has 3 N–H and O–H groups in total. The minimum atomic E-state index is 0.313. The number of para-hydroxylation sites is 1. The first kappa shape index (κ1) is 11.1. The lowest BCUT2D eigenvalue weighted by Gasteiger charge is -2.05. The second-order valence-corrected chi connectivity index (χ2v) is 4.35. The minimum Gasteiger partial charge on any atom is -0.292 e. The summed E-state index contributed by atoms with van der Waals surface area (Å²) < 4.78 is 2.33. The van der Waals surface area contributed by atoms with Crippen molar-refractivity contribution in [1.82, 2.24) is 25.0 Å². The highest BCUT2D eigenvalue weighted by Crippen LogP contribution is 2.21. The Kier molecular flexibility index (Phi) is 2.65. The summed E-state index contributed by atoms with van der Waals surface area (Å²) in [5.41, 5.74) is 4.06. The van der Waals surface area contributed by atoms with Crippen molar-refractivity contribution in [2.24, 2.45) is 5.84 Å². The Morgan fingerprint density at radius 1 is 1.28 bits per heavy atom. The summed E-state index contributed by atoms with van der Waals surface area (Å²) in [6.45, 7) is 0. The lowest BCUT2D eigenvalue weighted by Crippen LogP contribution is -2.12. The van der Waals surface area contributed by atoms with E-state index < -0.39 is 0 Å². The van der Waals surface area contributed by atoms with Gasteiger partial charge in [-0.1, -0.05) is 17.3 Å². The highest BCUT2D eigenvalue weighted by Gasteiger charge is 2.11. The molecule has 7 nitrogen and oxygen atoms in total. The molecule has 0 amide bonds. The number of hydrogen-bond acceptors (Lipinski definition) is 6. The fourth-order valence-electron chi connectivity index (χ4n) is 1.60. The molecule has 1 aromatic carbocycles. The van der Waals surface area contributed by atoms with Gasteiger partial charge in [0.1, 0.15) is 5.52 Å². The maximum atomic E-state index is 5.30. The third-order valence-electron chi connectivity index (χ3n) is 2.41. The largest absolute Gasteiger partial charge is 0.292 e. The van der Waals surface area contributed by atoms with Gasteiger partial charge in [0, 0.05) is 6.20 Å². The molecule has 8 heteroatoms. The Balaban J connectivity index is 2.25. The molecule has 0 saturated carbocycles. The van der Waals surface area contributed by atoms with Crippen LogP contribution >= 0.6 is 15.9 Å². The lowest BCUT2D eigenvalue weighted by molar-refractivity contribution is 0.793. The van der Waals surface area contributed by atoms with Crippen LogP contribution in [0.1, 0.15) is 0 Å². The number of fused-ring (bicyclic) bond motifs is 1. The SMILES string of the molecule is NNc1ncc(Br)c(-n2nnc3ccccc32)n1. The van der Waals surface area contributed by atoms with E-state index in [0.29, 0.717) is 16.2 Å². The summed E-state index contributed by atoms with van der Waals surface area (Å²) in [6.07, 6.45) is 1.61. The standard InChI is InChI=1S/C10H8BrN7/c11-6-5-13-10(15-12)14-9(6)18-8-4-2-1-3-7(8)16-17-18/h1-5H,12H2,(H,13,14,15). The summed E-state index contributed by atoms with van der Waals surface area (Å²) in [5.74, 6) is 6.19. The van der Waals surface area contributed by atoms with E-state index in [4.69, 9.17) is 5.84 Å². The molecule has 0 radical (unpaired) electrons. The van der Waals surface area contributed by atoms with Crippen molar-refractivity contribution in [2.75, 3.05) is 5.43 Å². The number of nitrogens with zero attached hydrogens (tertiary/aromatic N) is 5. The molecule has 0 aliphatic heterocycles. The van der Waals surface area contributed by atoms with E-state index >= 15 is 0 Å². The molecular formula is C10H8BrN7. The van der Waals surface area contributed by atoms with Gasteiger partial charge in [-0.15, -0.1) is 5.10 Å². The van der Waals surface area contributed by atoms with E-state index in [0.717, 1.165) is 11.0 Å². The van der Waals surface area contributed by atoms with Crippen LogP contribution in [0.5, 0.6) is 0 Å². The van der Waals surface area contributed by atoms with Gasteiger partial charge in [0.25, 0.3) is 0 Å². The molecule has 3 rings (SSSR count). The van der Waals surface area contributed by atoms with Crippen LogP contribution in [0, 0.1) is 0 Å². The number of aromatic nitrogens is 5. The van der Waals surface area contributed by atoms with Gasteiger partial charge in [-0.3, -0.25) is 5.43 Å². The van der Waals surface area contributed by atoms with E-state index in [1.807, 2.05) is 24.3 Å². The second-order valence-electron chi connectivity index (χ2n) is 3.50. The third-order valence-corrected chi connectivity index (χ3v) is 2.97. The zero-order valence-corrected chi connectivity index (χ0v) is 10.7. The predicted molar refractivity (Wildman–Crippen MR) is 70.0 cm³/mol. The van der Waals surface area contributed by atoms with Crippen molar-refractivity contribution >= 4 is 32.9 Å². The molecule has 0 fully saturated rings. The molecule has 0 spiro atoms. The number of hydrogen-bond donors (Lipinski definition) is 2. The summed E-state index contributed by atoms with van der Waals surface area (Å²) in [5, 5.41) is 8.15. The summed E-state index contributed by atoms with van der Waals surface area (Å²) in [7, 11) is 0. The lowest BCUT2D eigenvalue weighted by atomic mass is 10.3. The van der Waals surface area contributed by atoms with Crippen molar-refractivity contribution in [2.45, 2.75) is 0 Å². The van der Waals surface area contributed by atoms with Crippen LogP contribution in [-0.2, 0) is 0 Å². The van der Waals surface area contributed by atoms with E-state index in [1.165, 1.54) is 0 Å². The van der Waals surface area contributed by atoms with Crippen molar-refractivity contribution in [3.8, 4) is 5.82 Å². The highest BCUT2D eigenvalue weighted by atomic mass is 79.9. The molecule has 3 aromatic rings. The van der Waals surface area contributed by atoms with Gasteiger partial charge in [-0.05, 0) is 28.1 Å². The van der Waals surface area contributed by atoms with Crippen LogP contribution in [0.2, 0.25) is 0 Å². The predicted octanol–water partition coefficient (Wildman–Crippen LogP) is 1.26. The molecule has 0 saturated heterocycles. The number of nitrogens with two attached hydrogens (primary N) is 1. The Bertz CT molecular complexity index is 708. The van der Waals surface area contributed by atoms with Gasteiger partial charge in [-0.2, -0.15) is 9.67 Å². The van der Waals surface area contributed by atoms with E-state index in [9.17, 15) is 0 Å². The molecule has 2 aromatic heterocycles. The maximum absolute atomic E-state index is 5.30. The number of anilines is 1. The first-order valence-corrected chi connectivity index (χ1v) is 5.89. The molecule has 18 heavy (non-hydrogen) atoms. The number of halogens is 1. The van der Waals surface area contributed by atoms with Crippen molar-refractivity contribution < 1.29 is 0 Å². The molecule has 90 valence electrons. The van der Waals surface area contributed by atoms with Gasteiger partial charge in [-0.25, -0.2) is 10.8 Å². The number of rotatable bonds is 2. The Morgan fingerprint density at radius 3 is 2.94 bits per heavy atom. The normalized spacial score (nSPS) is 10.8. The summed E-state index contributed by atoms with van der Waals surface area (Å²) in [4.78, 5) is 8.24. The van der Waals surface area contributed by atoms with Gasteiger partial charge in [0.15, 0.2) is 5.82 Å². The summed E-state index contributed by atoms with van der Waals surface area (Å²) >= 11 is 3.38. The van der Waals surface area contributed by atoms with Crippen LogP contribution in [0.4, 0.5) is 5.95 Å². The fraction of sp³-hybridized carbons (Fsp3) is 0. The molecule has 2 heterocycles. The molecule has 0 bridgehead atoms. The zero-order chi connectivity index (χ0) is 12.5. The van der Waals surface area contributed by atoms with Crippen LogP contribution in [0.3, 0.4) is 0 Å². The van der Waals surface area contributed by atoms with Crippen LogP contribution in [0.15, 0.2) is 34.9 Å². The second kappa shape index (κ2) is 4.31. The Morgan fingerprint density at radius 2 is 2.11 bits per heavy atom. The van der Waals surface area contributed by atoms with Gasteiger partial charge in [0.05, 0.1) is 9.99 Å². The Labute approximate surface area is 110 Å². The molecule has 0 aliphatic rings. The van der Waals surface area contributed by atoms with Crippen LogP contribution < -0.4 is 11.3 Å². The third kappa shape index (κ3) is 1.71. The van der Waals surface area contributed by atoms with Crippen molar-refractivity contribution in [3.05, 3.63) is 34.9 Å².